The van der Waals surface area contributed by atoms with Crippen LogP contribution >= 0.6 is 11.3 Å². The molecule has 4 rings (SSSR count). The van der Waals surface area contributed by atoms with Gasteiger partial charge in [-0.3, -0.25) is 14.9 Å². The van der Waals surface area contributed by atoms with Crippen molar-refractivity contribution in [2.24, 2.45) is 0 Å². The quantitative estimate of drug-likeness (QED) is 0.645. The molecule has 0 radical (unpaired) electrons. The summed E-state index contributed by atoms with van der Waals surface area (Å²) in [7, 11) is 0. The van der Waals surface area contributed by atoms with Crippen LogP contribution in [-0.4, -0.2) is 29.9 Å². The number of ether oxygens (including phenoxy) is 1. The molecule has 0 bridgehead atoms. The van der Waals surface area contributed by atoms with Gasteiger partial charge in [-0.1, -0.05) is 36.4 Å². The third kappa shape index (κ3) is 5.00. The van der Waals surface area contributed by atoms with E-state index in [1.165, 1.54) is 16.9 Å². The van der Waals surface area contributed by atoms with Gasteiger partial charge in [0, 0.05) is 42.2 Å². The second-order valence-electron chi connectivity index (χ2n) is 6.78. The number of carbonyl (C=O) groups excluding carboxylic acids is 2. The molecule has 0 saturated carbocycles. The Morgan fingerprint density at radius 3 is 2.83 bits per heavy atom. The minimum Gasteiger partial charge on any atom is -0.484 e. The monoisotopic (exact) mass is 407 g/mol. The number of nitrogens with zero attached hydrogens (tertiary/aromatic N) is 2. The van der Waals surface area contributed by atoms with Crippen LogP contribution < -0.4 is 15.0 Å². The summed E-state index contributed by atoms with van der Waals surface area (Å²) in [5, 5.41) is 3.33. The topological polar surface area (TPSA) is 71.5 Å². The molecule has 1 aliphatic rings. The first-order chi connectivity index (χ1) is 14.2. The van der Waals surface area contributed by atoms with Crippen LogP contribution in [0.1, 0.15) is 23.3 Å². The molecule has 0 spiro atoms. The van der Waals surface area contributed by atoms with Crippen LogP contribution in [-0.2, 0) is 16.0 Å². The van der Waals surface area contributed by atoms with Gasteiger partial charge in [-0.05, 0) is 24.1 Å². The largest absolute Gasteiger partial charge is 0.484 e. The Balaban J connectivity index is 1.30. The Morgan fingerprint density at radius 1 is 1.17 bits per heavy atom. The summed E-state index contributed by atoms with van der Waals surface area (Å²) < 4.78 is 5.60. The van der Waals surface area contributed by atoms with E-state index in [1.54, 1.807) is 23.2 Å². The summed E-state index contributed by atoms with van der Waals surface area (Å²) in [6.07, 6.45) is 4.01. The first-order valence-corrected chi connectivity index (χ1v) is 10.3. The number of carbonyl (C=O) groups is 2. The molecular formula is C22H21N3O3S. The van der Waals surface area contributed by atoms with Crippen molar-refractivity contribution in [2.75, 3.05) is 23.4 Å². The lowest BCUT2D eigenvalue weighted by atomic mass is 10.1. The zero-order valence-corrected chi connectivity index (χ0v) is 16.7. The zero-order valence-electron chi connectivity index (χ0n) is 15.8. The fraction of sp³-hybridized carbons (Fsp3) is 0.227. The highest BCUT2D eigenvalue weighted by molar-refractivity contribution is 7.15. The van der Waals surface area contributed by atoms with Gasteiger partial charge in [-0.2, -0.15) is 0 Å². The normalized spacial score (nSPS) is 13.5. The third-order valence-electron chi connectivity index (χ3n) is 4.59. The molecule has 1 aromatic heterocycles. The molecule has 0 atom stereocenters. The van der Waals surface area contributed by atoms with Crippen molar-refractivity contribution in [1.29, 1.82) is 0 Å². The van der Waals surface area contributed by atoms with Crippen molar-refractivity contribution < 1.29 is 14.3 Å². The third-order valence-corrected chi connectivity index (χ3v) is 5.51. The van der Waals surface area contributed by atoms with Gasteiger partial charge in [-0.15, -0.1) is 11.3 Å². The highest BCUT2D eigenvalue weighted by Gasteiger charge is 2.21. The van der Waals surface area contributed by atoms with Crippen molar-refractivity contribution in [3.05, 3.63) is 71.2 Å². The molecule has 29 heavy (non-hydrogen) atoms. The lowest BCUT2D eigenvalue weighted by Gasteiger charge is -2.16. The number of aromatic nitrogens is 1. The predicted octanol–water partition coefficient (Wildman–Crippen LogP) is 3.88. The molecule has 7 heteroatoms. The molecule has 148 valence electrons. The molecule has 2 amide bonds. The van der Waals surface area contributed by atoms with E-state index in [1.807, 2.05) is 30.3 Å². The van der Waals surface area contributed by atoms with Crippen LogP contribution in [0.2, 0.25) is 0 Å². The molecule has 0 unspecified atom stereocenters. The molecule has 1 N–H and O–H groups in total. The Morgan fingerprint density at radius 2 is 2.03 bits per heavy atom. The fourth-order valence-corrected chi connectivity index (χ4v) is 4.07. The molecular weight excluding hydrogens is 386 g/mol. The van der Waals surface area contributed by atoms with E-state index in [9.17, 15) is 9.59 Å². The van der Waals surface area contributed by atoms with Gasteiger partial charge in [-0.25, -0.2) is 4.98 Å². The van der Waals surface area contributed by atoms with Crippen molar-refractivity contribution in [2.45, 2.75) is 19.3 Å². The second-order valence-corrected chi connectivity index (χ2v) is 7.89. The maximum atomic E-state index is 12.2. The Hall–Kier alpha value is -3.19. The van der Waals surface area contributed by atoms with Crippen LogP contribution in [0.25, 0.3) is 0 Å². The van der Waals surface area contributed by atoms with E-state index in [0.717, 1.165) is 30.0 Å². The lowest BCUT2D eigenvalue weighted by molar-refractivity contribution is -0.118. The van der Waals surface area contributed by atoms with Crippen LogP contribution in [0.3, 0.4) is 0 Å². The number of nitrogens with one attached hydrogen (secondary N) is 1. The molecule has 1 aliphatic heterocycles. The summed E-state index contributed by atoms with van der Waals surface area (Å²) in [6.45, 7) is 0.600. The Labute approximate surface area is 173 Å². The van der Waals surface area contributed by atoms with E-state index in [-0.39, 0.29) is 18.4 Å². The highest BCUT2D eigenvalue weighted by atomic mass is 32.1. The van der Waals surface area contributed by atoms with Gasteiger partial charge < -0.3 is 9.64 Å². The van der Waals surface area contributed by atoms with Crippen molar-refractivity contribution in [3.8, 4) is 5.75 Å². The average Bonchev–Trinajstić information content (AvgIpc) is 3.36. The summed E-state index contributed by atoms with van der Waals surface area (Å²) >= 11 is 1.45. The highest BCUT2D eigenvalue weighted by Crippen LogP contribution is 2.25. The van der Waals surface area contributed by atoms with E-state index < -0.39 is 0 Å². The van der Waals surface area contributed by atoms with Gasteiger partial charge in [0.05, 0.1) is 0 Å². The van der Waals surface area contributed by atoms with E-state index >= 15 is 0 Å². The van der Waals surface area contributed by atoms with Gasteiger partial charge in [0.25, 0.3) is 5.91 Å². The van der Waals surface area contributed by atoms with Crippen LogP contribution in [0, 0.1) is 0 Å². The van der Waals surface area contributed by atoms with Gasteiger partial charge in [0.15, 0.2) is 11.7 Å². The maximum Gasteiger partial charge on any atom is 0.264 e. The molecule has 2 heterocycles. The smallest absolute Gasteiger partial charge is 0.264 e. The summed E-state index contributed by atoms with van der Waals surface area (Å²) in [4.78, 5) is 31.2. The van der Waals surface area contributed by atoms with Crippen molar-refractivity contribution >= 4 is 34.0 Å². The van der Waals surface area contributed by atoms with Crippen LogP contribution in [0.15, 0.2) is 60.8 Å². The van der Waals surface area contributed by atoms with Crippen LogP contribution in [0.5, 0.6) is 5.75 Å². The second kappa shape index (κ2) is 8.87. The summed E-state index contributed by atoms with van der Waals surface area (Å²) in [6, 6.07) is 17.4. The van der Waals surface area contributed by atoms with E-state index in [4.69, 9.17) is 4.74 Å². The predicted molar refractivity (Wildman–Crippen MR) is 114 cm³/mol. The van der Waals surface area contributed by atoms with Gasteiger partial charge in [0.2, 0.25) is 5.91 Å². The molecule has 6 nitrogen and oxygen atoms in total. The minimum absolute atomic E-state index is 0.120. The van der Waals surface area contributed by atoms with E-state index in [2.05, 4.69) is 22.4 Å². The number of rotatable bonds is 7. The number of amides is 2. The molecule has 1 fully saturated rings. The number of anilines is 2. The van der Waals surface area contributed by atoms with Gasteiger partial charge in [0.1, 0.15) is 5.75 Å². The molecule has 2 aromatic carbocycles. The number of hydrogen-bond acceptors (Lipinski definition) is 5. The first-order valence-electron chi connectivity index (χ1n) is 9.49. The van der Waals surface area contributed by atoms with Crippen molar-refractivity contribution in [1.82, 2.24) is 4.98 Å². The fourth-order valence-electron chi connectivity index (χ4n) is 3.21. The molecule has 1 saturated heterocycles. The summed E-state index contributed by atoms with van der Waals surface area (Å²) in [5.74, 6) is 0.407. The number of hydrogen-bond donors (Lipinski definition) is 1. The average molecular weight is 407 g/mol. The maximum absolute atomic E-state index is 12.2. The summed E-state index contributed by atoms with van der Waals surface area (Å²) in [5.41, 5.74) is 2.00. The molecule has 3 aromatic rings. The van der Waals surface area contributed by atoms with Crippen molar-refractivity contribution in [3.63, 3.8) is 0 Å². The number of benzene rings is 2. The molecule has 0 aliphatic carbocycles. The first kappa shape index (κ1) is 19.1. The number of thiazole rings is 1. The Bertz CT molecular complexity index is 1000. The lowest BCUT2D eigenvalue weighted by Crippen LogP contribution is -2.24. The standard InChI is InChI=1S/C22H21N3O3S/c26-20(24-22-23-14-19(29-22)12-16-6-2-1-3-7-16)15-28-18-9-4-8-17(13-18)25-11-5-10-21(25)27/h1-4,6-9,13-14H,5,10-12,15H2,(H,23,24,26). The van der Waals surface area contributed by atoms with Gasteiger partial charge >= 0.3 is 0 Å². The van der Waals surface area contributed by atoms with Crippen LogP contribution in [0.4, 0.5) is 10.8 Å². The SMILES string of the molecule is O=C(COc1cccc(N2CCCC2=O)c1)Nc1ncc(Cc2ccccc2)s1. The minimum atomic E-state index is -0.270. The zero-order chi connectivity index (χ0) is 20.1. The Kier molecular flexibility index (Phi) is 5.86. The van der Waals surface area contributed by atoms with E-state index in [0.29, 0.717) is 17.3 Å².